The number of benzene rings is 9. The molecular weight excluding hydrogens is 721 g/mol. The van der Waals surface area contributed by atoms with Crippen LogP contribution in [0.4, 0.5) is 0 Å². The predicted octanol–water partition coefficient (Wildman–Crippen LogP) is 14.1. The summed E-state index contributed by atoms with van der Waals surface area (Å²) >= 11 is 0. The fraction of sp³-hybridized carbons (Fsp3) is 0. The molecule has 0 atom stereocenters. The molecule has 12 rings (SSSR count). The van der Waals surface area contributed by atoms with Crippen LogP contribution in [-0.4, -0.2) is 19.9 Å². The third kappa shape index (κ3) is 5.55. The maximum absolute atomic E-state index is 6.51. The molecule has 0 bridgehead atoms. The molecular formula is C54H32N4O. The second-order valence-electron chi connectivity index (χ2n) is 15.0. The highest BCUT2D eigenvalue weighted by Gasteiger charge is 2.19. The van der Waals surface area contributed by atoms with E-state index in [0.29, 0.717) is 17.5 Å². The number of fused-ring (bicyclic) bond motifs is 9. The van der Waals surface area contributed by atoms with Gasteiger partial charge in [0.15, 0.2) is 23.1 Å². The molecule has 0 aliphatic carbocycles. The Kier molecular flexibility index (Phi) is 7.47. The van der Waals surface area contributed by atoms with Crippen LogP contribution in [0.15, 0.2) is 199 Å². The van der Waals surface area contributed by atoms with Gasteiger partial charge in [-0.3, -0.25) is 0 Å². The molecule has 9 aromatic carbocycles. The standard InChI is InChI=1S/C54H32N4O/c1-2-13-35(14-3-1)52-56-53(36-25-23-34(24-26-36)50-51-49(44-18-8-10-20-47(44)55-50)45-19-9-11-21-48(45)59-51)58-54(57-52)46-32-40(31-38-15-5-7-17-42(38)46)37-28-29-43-39(30-37)27-22-33-12-4-6-16-41(33)43/h1-32H. The number of hydrogen-bond acceptors (Lipinski definition) is 5. The van der Waals surface area contributed by atoms with E-state index >= 15 is 0 Å². The molecule has 0 spiro atoms. The van der Waals surface area contributed by atoms with E-state index in [-0.39, 0.29) is 0 Å². The summed E-state index contributed by atoms with van der Waals surface area (Å²) in [6.07, 6.45) is 0. The molecule has 3 aromatic heterocycles. The van der Waals surface area contributed by atoms with Crippen LogP contribution in [0.5, 0.6) is 0 Å². The summed E-state index contributed by atoms with van der Waals surface area (Å²) in [4.78, 5) is 20.6. The van der Waals surface area contributed by atoms with Gasteiger partial charge >= 0.3 is 0 Å². The minimum absolute atomic E-state index is 0.591. The Morgan fingerprint density at radius 2 is 0.881 bits per heavy atom. The van der Waals surface area contributed by atoms with Crippen LogP contribution in [0.2, 0.25) is 0 Å². The predicted molar refractivity (Wildman–Crippen MR) is 242 cm³/mol. The monoisotopic (exact) mass is 752 g/mol. The van der Waals surface area contributed by atoms with Gasteiger partial charge in [0.05, 0.1) is 5.52 Å². The maximum Gasteiger partial charge on any atom is 0.164 e. The first-order chi connectivity index (χ1) is 29.2. The van der Waals surface area contributed by atoms with Gasteiger partial charge in [-0.25, -0.2) is 19.9 Å². The average Bonchev–Trinajstić information content (AvgIpc) is 3.71. The lowest BCUT2D eigenvalue weighted by Crippen LogP contribution is -2.01. The molecule has 3 heterocycles. The summed E-state index contributed by atoms with van der Waals surface area (Å²) < 4.78 is 6.51. The zero-order valence-corrected chi connectivity index (χ0v) is 31.7. The van der Waals surface area contributed by atoms with Gasteiger partial charge in [-0.1, -0.05) is 164 Å². The van der Waals surface area contributed by atoms with Crippen molar-refractivity contribution < 1.29 is 4.42 Å². The van der Waals surface area contributed by atoms with E-state index in [9.17, 15) is 0 Å². The normalized spacial score (nSPS) is 11.7. The number of aromatic nitrogens is 4. The first-order valence-corrected chi connectivity index (χ1v) is 19.8. The molecule has 0 fully saturated rings. The van der Waals surface area contributed by atoms with Gasteiger partial charge in [-0.15, -0.1) is 0 Å². The molecule has 0 radical (unpaired) electrons. The molecule has 59 heavy (non-hydrogen) atoms. The summed E-state index contributed by atoms with van der Waals surface area (Å²) in [5, 5.41) is 10.4. The second kappa shape index (κ2) is 13.3. The van der Waals surface area contributed by atoms with Gasteiger partial charge in [-0.05, 0) is 73.8 Å². The molecule has 0 amide bonds. The first-order valence-electron chi connectivity index (χ1n) is 19.8. The quantitative estimate of drug-likeness (QED) is 0.164. The Labute approximate surface area is 338 Å². The highest BCUT2D eigenvalue weighted by molar-refractivity contribution is 6.20. The van der Waals surface area contributed by atoms with Crippen molar-refractivity contribution in [3.63, 3.8) is 0 Å². The largest absolute Gasteiger partial charge is 0.454 e. The molecule has 5 heteroatoms. The van der Waals surface area contributed by atoms with Crippen molar-refractivity contribution in [2.45, 2.75) is 0 Å². The Morgan fingerprint density at radius 3 is 1.71 bits per heavy atom. The second-order valence-corrected chi connectivity index (χ2v) is 15.0. The van der Waals surface area contributed by atoms with Crippen molar-refractivity contribution in [2.75, 3.05) is 0 Å². The van der Waals surface area contributed by atoms with Crippen molar-refractivity contribution >= 4 is 65.2 Å². The number of nitrogens with zero attached hydrogens (tertiary/aromatic N) is 4. The molecule has 5 nitrogen and oxygen atoms in total. The van der Waals surface area contributed by atoms with E-state index in [1.807, 2.05) is 48.5 Å². The molecule has 0 aliphatic rings. The smallest absolute Gasteiger partial charge is 0.164 e. The fourth-order valence-corrected chi connectivity index (χ4v) is 8.60. The van der Waals surface area contributed by atoms with Gasteiger partial charge in [0.2, 0.25) is 0 Å². The number of rotatable bonds is 5. The fourth-order valence-electron chi connectivity index (χ4n) is 8.60. The van der Waals surface area contributed by atoms with Crippen molar-refractivity contribution in [3.8, 4) is 56.5 Å². The Morgan fingerprint density at radius 1 is 0.322 bits per heavy atom. The minimum Gasteiger partial charge on any atom is -0.454 e. The lowest BCUT2D eigenvalue weighted by molar-refractivity contribution is 0.669. The lowest BCUT2D eigenvalue weighted by atomic mass is 9.94. The Balaban J connectivity index is 1.01. The first kappa shape index (κ1) is 33.2. The van der Waals surface area contributed by atoms with E-state index in [4.69, 9.17) is 24.4 Å². The van der Waals surface area contributed by atoms with Crippen LogP contribution in [-0.2, 0) is 0 Å². The molecule has 0 saturated carbocycles. The number of para-hydroxylation sites is 2. The molecule has 12 aromatic rings. The van der Waals surface area contributed by atoms with E-state index < -0.39 is 0 Å². The van der Waals surface area contributed by atoms with Crippen LogP contribution in [0.3, 0.4) is 0 Å². The molecule has 0 N–H and O–H groups in total. The molecule has 274 valence electrons. The number of hydrogen-bond donors (Lipinski definition) is 0. The van der Waals surface area contributed by atoms with Gasteiger partial charge in [-0.2, -0.15) is 0 Å². The summed E-state index contributed by atoms with van der Waals surface area (Å²) in [5.74, 6) is 1.82. The summed E-state index contributed by atoms with van der Waals surface area (Å²) in [5.41, 5.74) is 9.26. The van der Waals surface area contributed by atoms with E-state index in [0.717, 1.165) is 82.7 Å². The Hall–Kier alpha value is -8.02. The number of pyridine rings is 1. The van der Waals surface area contributed by atoms with E-state index in [2.05, 4.69) is 146 Å². The van der Waals surface area contributed by atoms with Crippen molar-refractivity contribution in [1.82, 2.24) is 19.9 Å². The van der Waals surface area contributed by atoms with E-state index in [1.54, 1.807) is 0 Å². The zero-order valence-electron chi connectivity index (χ0n) is 31.7. The van der Waals surface area contributed by atoms with Crippen LogP contribution in [0.1, 0.15) is 0 Å². The molecule has 0 aliphatic heterocycles. The lowest BCUT2D eigenvalue weighted by Gasteiger charge is -2.13. The highest BCUT2D eigenvalue weighted by atomic mass is 16.3. The maximum atomic E-state index is 6.51. The molecule has 0 saturated heterocycles. The van der Waals surface area contributed by atoms with Crippen LogP contribution < -0.4 is 0 Å². The summed E-state index contributed by atoms with van der Waals surface area (Å²) in [6, 6.07) is 67.6. The zero-order chi connectivity index (χ0) is 38.9. The minimum atomic E-state index is 0.591. The Bertz CT molecular complexity index is 3610. The van der Waals surface area contributed by atoms with Crippen LogP contribution >= 0.6 is 0 Å². The van der Waals surface area contributed by atoms with Crippen LogP contribution in [0, 0.1) is 0 Å². The highest BCUT2D eigenvalue weighted by Crippen LogP contribution is 2.40. The van der Waals surface area contributed by atoms with Crippen molar-refractivity contribution in [1.29, 1.82) is 0 Å². The van der Waals surface area contributed by atoms with Crippen molar-refractivity contribution in [2.24, 2.45) is 0 Å². The SMILES string of the molecule is c1ccc(-c2nc(-c3ccc(-c4nc5ccccc5c5c4oc4ccccc45)cc3)nc(-c3cc(-c4ccc5c(ccc6ccccc65)c4)cc4ccccc34)n2)cc1. The van der Waals surface area contributed by atoms with Gasteiger partial charge in [0.1, 0.15) is 11.3 Å². The third-order valence-electron chi connectivity index (χ3n) is 11.5. The van der Waals surface area contributed by atoms with Gasteiger partial charge in [0.25, 0.3) is 0 Å². The van der Waals surface area contributed by atoms with Gasteiger partial charge in [0, 0.05) is 38.4 Å². The summed E-state index contributed by atoms with van der Waals surface area (Å²) in [7, 11) is 0. The topological polar surface area (TPSA) is 64.7 Å². The molecule has 0 unspecified atom stereocenters. The van der Waals surface area contributed by atoms with Crippen LogP contribution in [0.25, 0.3) is 122 Å². The summed E-state index contributed by atoms with van der Waals surface area (Å²) in [6.45, 7) is 0. The van der Waals surface area contributed by atoms with Crippen molar-refractivity contribution in [3.05, 3.63) is 194 Å². The van der Waals surface area contributed by atoms with Gasteiger partial charge < -0.3 is 4.42 Å². The average molecular weight is 753 g/mol. The number of furan rings is 1. The van der Waals surface area contributed by atoms with E-state index in [1.165, 1.54) is 21.5 Å². The third-order valence-corrected chi connectivity index (χ3v) is 11.5.